The van der Waals surface area contributed by atoms with Crippen molar-refractivity contribution in [3.63, 3.8) is 0 Å². The maximum Gasteiger partial charge on any atom is 0.270 e. The van der Waals surface area contributed by atoms with Crippen molar-refractivity contribution < 1.29 is 14.5 Å². The lowest BCUT2D eigenvalue weighted by molar-refractivity contribution is -0.384. The summed E-state index contributed by atoms with van der Waals surface area (Å²) >= 11 is 0. The first-order valence-electron chi connectivity index (χ1n) is 6.11. The fraction of sp³-hybridized carbons (Fsp3) is 0.462. The number of rotatable bonds is 4. The van der Waals surface area contributed by atoms with Crippen LogP contribution in [-0.2, 0) is 0 Å². The molecule has 0 radical (unpaired) electrons. The van der Waals surface area contributed by atoms with Crippen LogP contribution >= 0.6 is 0 Å². The molecule has 5 nitrogen and oxygen atoms in total. The number of carbonyl (C=O) groups is 1. The lowest BCUT2D eigenvalue weighted by Gasteiger charge is -2.23. The molecule has 0 spiro atoms. The van der Waals surface area contributed by atoms with E-state index < -0.39 is 4.92 Å². The largest absolute Gasteiger partial charge is 0.490 e. The smallest absolute Gasteiger partial charge is 0.270 e. The third-order valence-electron chi connectivity index (χ3n) is 3.18. The average Bonchev–Trinajstić information content (AvgIpc) is 2.40. The number of benzene rings is 1. The Labute approximate surface area is 105 Å². The van der Waals surface area contributed by atoms with Gasteiger partial charge in [-0.1, -0.05) is 6.42 Å². The van der Waals surface area contributed by atoms with Crippen LogP contribution in [0.15, 0.2) is 18.2 Å². The third-order valence-corrected chi connectivity index (χ3v) is 3.18. The number of ether oxygens (including phenoxy) is 1. The standard InChI is InChI=1S/C13H15NO4/c15-9-10-8-11(14(16)17)6-7-13(10)18-12-4-2-1-3-5-12/h6-9,12H,1-5H2. The van der Waals surface area contributed by atoms with Crippen LogP contribution in [0.3, 0.4) is 0 Å². The number of carbonyl (C=O) groups excluding carboxylic acids is 1. The van der Waals surface area contributed by atoms with Crippen molar-refractivity contribution in [2.75, 3.05) is 0 Å². The van der Waals surface area contributed by atoms with Gasteiger partial charge in [0.1, 0.15) is 5.75 Å². The summed E-state index contributed by atoms with van der Waals surface area (Å²) in [4.78, 5) is 21.0. The molecule has 0 heterocycles. The molecule has 5 heteroatoms. The summed E-state index contributed by atoms with van der Waals surface area (Å²) in [7, 11) is 0. The summed E-state index contributed by atoms with van der Waals surface area (Å²) in [6.07, 6.45) is 6.18. The minimum absolute atomic E-state index is 0.0897. The average molecular weight is 249 g/mol. The van der Waals surface area contributed by atoms with Gasteiger partial charge >= 0.3 is 0 Å². The molecule has 1 aromatic carbocycles. The van der Waals surface area contributed by atoms with E-state index in [1.54, 1.807) is 0 Å². The van der Waals surface area contributed by atoms with Crippen LogP contribution in [0.5, 0.6) is 5.75 Å². The normalized spacial score (nSPS) is 16.2. The number of non-ortho nitro benzene ring substituents is 1. The molecule has 0 atom stereocenters. The van der Waals surface area contributed by atoms with Gasteiger partial charge in [0.05, 0.1) is 16.6 Å². The number of nitrogens with zero attached hydrogens (tertiary/aromatic N) is 1. The molecule has 1 saturated carbocycles. The molecule has 0 aliphatic heterocycles. The monoisotopic (exact) mass is 249 g/mol. The second-order valence-corrected chi connectivity index (χ2v) is 4.47. The first-order valence-corrected chi connectivity index (χ1v) is 6.11. The van der Waals surface area contributed by atoms with Crippen LogP contribution < -0.4 is 4.74 Å². The minimum Gasteiger partial charge on any atom is -0.490 e. The second kappa shape index (κ2) is 5.62. The molecular weight excluding hydrogens is 234 g/mol. The molecule has 1 aromatic rings. The lowest BCUT2D eigenvalue weighted by Crippen LogP contribution is -2.20. The van der Waals surface area contributed by atoms with Crippen molar-refractivity contribution in [2.24, 2.45) is 0 Å². The summed E-state index contributed by atoms with van der Waals surface area (Å²) in [5, 5.41) is 10.6. The number of aldehydes is 1. The van der Waals surface area contributed by atoms with E-state index in [2.05, 4.69) is 0 Å². The summed E-state index contributed by atoms with van der Waals surface area (Å²) < 4.78 is 5.76. The maximum absolute atomic E-state index is 10.9. The first kappa shape index (κ1) is 12.5. The molecule has 1 fully saturated rings. The van der Waals surface area contributed by atoms with E-state index in [1.807, 2.05) is 0 Å². The molecule has 0 bridgehead atoms. The molecule has 18 heavy (non-hydrogen) atoms. The number of nitro benzene ring substituents is 1. The van der Waals surface area contributed by atoms with Crippen molar-refractivity contribution in [3.05, 3.63) is 33.9 Å². The molecule has 0 unspecified atom stereocenters. The summed E-state index contributed by atoms with van der Waals surface area (Å²) in [6.45, 7) is 0. The highest BCUT2D eigenvalue weighted by molar-refractivity contribution is 5.80. The molecule has 0 aromatic heterocycles. The van der Waals surface area contributed by atoms with E-state index >= 15 is 0 Å². The van der Waals surface area contributed by atoms with Gasteiger partial charge in [-0.25, -0.2) is 0 Å². The van der Waals surface area contributed by atoms with Crippen LogP contribution in [0.1, 0.15) is 42.5 Å². The summed E-state index contributed by atoms with van der Waals surface area (Å²) in [6, 6.07) is 4.13. The third kappa shape index (κ3) is 2.85. The Kier molecular flexibility index (Phi) is 3.92. The second-order valence-electron chi connectivity index (χ2n) is 4.47. The molecule has 1 aliphatic carbocycles. The summed E-state index contributed by atoms with van der Waals surface area (Å²) in [5.41, 5.74) is 0.155. The van der Waals surface area contributed by atoms with Crippen molar-refractivity contribution in [1.82, 2.24) is 0 Å². The van der Waals surface area contributed by atoms with E-state index in [4.69, 9.17) is 4.74 Å². The molecule has 1 aliphatic rings. The van der Waals surface area contributed by atoms with Gasteiger partial charge in [-0.3, -0.25) is 14.9 Å². The Morgan fingerprint density at radius 3 is 2.61 bits per heavy atom. The van der Waals surface area contributed by atoms with Gasteiger partial charge in [-0.05, 0) is 31.7 Å². The van der Waals surface area contributed by atoms with Gasteiger partial charge in [0.15, 0.2) is 6.29 Å². The highest BCUT2D eigenvalue weighted by Gasteiger charge is 2.18. The van der Waals surface area contributed by atoms with Crippen LogP contribution in [0.25, 0.3) is 0 Å². The van der Waals surface area contributed by atoms with Gasteiger partial charge in [-0.2, -0.15) is 0 Å². The zero-order valence-electron chi connectivity index (χ0n) is 10.0. The van der Waals surface area contributed by atoms with Crippen molar-refractivity contribution >= 4 is 12.0 Å². The molecule has 2 rings (SSSR count). The lowest BCUT2D eigenvalue weighted by atomic mass is 9.97. The highest BCUT2D eigenvalue weighted by atomic mass is 16.6. The maximum atomic E-state index is 10.9. The number of hydrogen-bond donors (Lipinski definition) is 0. The Morgan fingerprint density at radius 2 is 2.00 bits per heavy atom. The number of nitro groups is 1. The molecule has 0 saturated heterocycles. The molecule has 96 valence electrons. The fourth-order valence-electron chi connectivity index (χ4n) is 2.21. The quantitative estimate of drug-likeness (QED) is 0.467. The van der Waals surface area contributed by atoms with E-state index in [0.29, 0.717) is 12.0 Å². The van der Waals surface area contributed by atoms with Gasteiger partial charge in [0.25, 0.3) is 5.69 Å². The van der Waals surface area contributed by atoms with Gasteiger partial charge in [0, 0.05) is 12.1 Å². The van der Waals surface area contributed by atoms with E-state index in [9.17, 15) is 14.9 Å². The van der Waals surface area contributed by atoms with E-state index in [1.165, 1.54) is 24.6 Å². The first-order chi connectivity index (χ1) is 8.70. The van der Waals surface area contributed by atoms with Gasteiger partial charge in [0.2, 0.25) is 0 Å². The molecule has 0 N–H and O–H groups in total. The number of hydrogen-bond acceptors (Lipinski definition) is 4. The Hall–Kier alpha value is -1.91. The molecule has 0 amide bonds. The van der Waals surface area contributed by atoms with E-state index in [0.717, 1.165) is 25.7 Å². The highest BCUT2D eigenvalue weighted by Crippen LogP contribution is 2.27. The van der Waals surface area contributed by atoms with E-state index in [-0.39, 0.29) is 17.4 Å². The predicted octanol–water partition coefficient (Wildman–Crippen LogP) is 3.12. The topological polar surface area (TPSA) is 69.4 Å². The van der Waals surface area contributed by atoms with Crippen LogP contribution in [0.4, 0.5) is 5.69 Å². The van der Waals surface area contributed by atoms with Crippen LogP contribution in [0.2, 0.25) is 0 Å². The van der Waals surface area contributed by atoms with Crippen LogP contribution in [0, 0.1) is 10.1 Å². The Balaban J connectivity index is 2.16. The van der Waals surface area contributed by atoms with Gasteiger partial charge < -0.3 is 4.74 Å². The van der Waals surface area contributed by atoms with Crippen molar-refractivity contribution in [3.8, 4) is 5.75 Å². The minimum atomic E-state index is -0.516. The fourth-order valence-corrected chi connectivity index (χ4v) is 2.21. The zero-order valence-corrected chi connectivity index (χ0v) is 10.0. The Bertz CT molecular complexity index is 452. The van der Waals surface area contributed by atoms with Gasteiger partial charge in [-0.15, -0.1) is 0 Å². The zero-order chi connectivity index (χ0) is 13.0. The SMILES string of the molecule is O=Cc1cc([N+](=O)[O-])ccc1OC1CCCCC1. The van der Waals surface area contributed by atoms with Crippen molar-refractivity contribution in [2.45, 2.75) is 38.2 Å². The Morgan fingerprint density at radius 1 is 1.28 bits per heavy atom. The van der Waals surface area contributed by atoms with Crippen molar-refractivity contribution in [1.29, 1.82) is 0 Å². The summed E-state index contributed by atoms with van der Waals surface area (Å²) in [5.74, 6) is 0.447. The predicted molar refractivity (Wildman–Crippen MR) is 66.0 cm³/mol. The molecular formula is C13H15NO4. The van der Waals surface area contributed by atoms with Crippen LogP contribution in [-0.4, -0.2) is 17.3 Å².